The Labute approximate surface area is 133 Å². The smallest absolute Gasteiger partial charge is 0.246 e. The number of hydrogen-bond donors (Lipinski definition) is 3. The first-order valence-electron chi connectivity index (χ1n) is 7.74. The fourth-order valence-corrected chi connectivity index (χ4v) is 3.37. The molecule has 2 aromatic carbocycles. The van der Waals surface area contributed by atoms with Gasteiger partial charge in [-0.25, -0.2) is 10.5 Å². The molecule has 23 heavy (non-hydrogen) atoms. The highest BCUT2D eigenvalue weighted by Gasteiger charge is 2.24. The van der Waals surface area contributed by atoms with E-state index < -0.39 is 0 Å². The minimum Gasteiger partial charge on any atom is -0.345 e. The Morgan fingerprint density at radius 1 is 1.17 bits per heavy atom. The van der Waals surface area contributed by atoms with Gasteiger partial charge in [-0.3, -0.25) is 10.0 Å². The molecule has 3 aromatic rings. The molecule has 1 aromatic heterocycles. The molecule has 0 spiro atoms. The summed E-state index contributed by atoms with van der Waals surface area (Å²) < 4.78 is 0. The minimum atomic E-state index is -0.292. The average Bonchev–Trinajstić information content (AvgIpc) is 3.07. The summed E-state index contributed by atoms with van der Waals surface area (Å²) >= 11 is 0. The van der Waals surface area contributed by atoms with E-state index in [4.69, 9.17) is 5.21 Å². The van der Waals surface area contributed by atoms with Crippen molar-refractivity contribution in [1.82, 2.24) is 15.4 Å². The van der Waals surface area contributed by atoms with E-state index in [1.165, 1.54) is 11.1 Å². The predicted octanol–water partition coefficient (Wildman–Crippen LogP) is 2.84. The second-order valence-electron chi connectivity index (χ2n) is 6.03. The SMILES string of the molecule is O=C(NO)C1CCc2ccc(-c3ccc4nc[nH]c4c3)cc2C1. The van der Waals surface area contributed by atoms with Gasteiger partial charge in [0.2, 0.25) is 5.91 Å². The fourth-order valence-electron chi connectivity index (χ4n) is 3.37. The van der Waals surface area contributed by atoms with Crippen LogP contribution >= 0.6 is 0 Å². The Hall–Kier alpha value is -2.66. The van der Waals surface area contributed by atoms with Crippen LogP contribution < -0.4 is 5.48 Å². The molecular formula is C18H17N3O2. The van der Waals surface area contributed by atoms with Crippen molar-refractivity contribution in [3.8, 4) is 11.1 Å². The third-order valence-corrected chi connectivity index (χ3v) is 4.67. The van der Waals surface area contributed by atoms with E-state index in [1.54, 1.807) is 11.8 Å². The van der Waals surface area contributed by atoms with E-state index in [2.05, 4.69) is 40.3 Å². The molecule has 1 heterocycles. The van der Waals surface area contributed by atoms with Gasteiger partial charge in [0.05, 0.1) is 17.4 Å². The summed E-state index contributed by atoms with van der Waals surface area (Å²) in [6.07, 6.45) is 4.01. The second-order valence-corrected chi connectivity index (χ2v) is 6.03. The quantitative estimate of drug-likeness (QED) is 0.503. The highest BCUT2D eigenvalue weighted by molar-refractivity contribution is 5.82. The van der Waals surface area contributed by atoms with Crippen LogP contribution in [-0.2, 0) is 17.6 Å². The average molecular weight is 307 g/mol. The van der Waals surface area contributed by atoms with Crippen LogP contribution in [0.25, 0.3) is 22.2 Å². The standard InChI is InChI=1S/C18H17N3O2/c22-18(21-23)14-4-2-11-1-3-12(7-15(11)8-14)13-5-6-16-17(9-13)20-10-19-16/h1,3,5-7,9-10,14,23H,2,4,8H2,(H,19,20)(H,21,22). The molecule has 0 radical (unpaired) electrons. The Morgan fingerprint density at radius 2 is 2.00 bits per heavy atom. The number of H-pyrrole nitrogens is 1. The van der Waals surface area contributed by atoms with Gasteiger partial charge >= 0.3 is 0 Å². The zero-order valence-electron chi connectivity index (χ0n) is 12.5. The number of nitrogens with zero attached hydrogens (tertiary/aromatic N) is 1. The van der Waals surface area contributed by atoms with Crippen LogP contribution in [0.2, 0.25) is 0 Å². The predicted molar refractivity (Wildman–Crippen MR) is 87.0 cm³/mol. The summed E-state index contributed by atoms with van der Waals surface area (Å²) in [5.74, 6) is -0.447. The van der Waals surface area contributed by atoms with Crippen LogP contribution in [0, 0.1) is 5.92 Å². The second kappa shape index (κ2) is 5.52. The largest absolute Gasteiger partial charge is 0.345 e. The maximum atomic E-state index is 11.7. The molecule has 1 aliphatic rings. The normalized spacial score (nSPS) is 17.0. The monoisotopic (exact) mass is 307 g/mol. The van der Waals surface area contributed by atoms with Gasteiger partial charge in [-0.1, -0.05) is 24.3 Å². The Bertz CT molecular complexity index is 885. The molecule has 1 atom stereocenters. The first kappa shape index (κ1) is 14.0. The maximum Gasteiger partial charge on any atom is 0.246 e. The molecule has 4 rings (SSSR count). The molecular weight excluding hydrogens is 290 g/mol. The van der Waals surface area contributed by atoms with E-state index in [1.807, 2.05) is 6.07 Å². The number of amides is 1. The number of fused-ring (bicyclic) bond motifs is 2. The molecule has 0 saturated heterocycles. The molecule has 0 fully saturated rings. The Balaban J connectivity index is 1.70. The summed E-state index contributed by atoms with van der Waals surface area (Å²) in [5, 5.41) is 8.84. The number of rotatable bonds is 2. The van der Waals surface area contributed by atoms with E-state index in [-0.39, 0.29) is 11.8 Å². The zero-order chi connectivity index (χ0) is 15.8. The number of aromatic nitrogens is 2. The van der Waals surface area contributed by atoms with Crippen LogP contribution in [0.5, 0.6) is 0 Å². The summed E-state index contributed by atoms with van der Waals surface area (Å²) in [7, 11) is 0. The van der Waals surface area contributed by atoms with Crippen LogP contribution in [0.1, 0.15) is 17.5 Å². The number of aryl methyl sites for hydroxylation is 1. The summed E-state index contributed by atoms with van der Waals surface area (Å²) in [6.45, 7) is 0. The molecule has 1 unspecified atom stereocenters. The molecule has 1 aliphatic carbocycles. The van der Waals surface area contributed by atoms with Crippen molar-refractivity contribution in [2.75, 3.05) is 0 Å². The maximum absolute atomic E-state index is 11.7. The number of hydroxylamine groups is 1. The van der Waals surface area contributed by atoms with Crippen molar-refractivity contribution in [2.24, 2.45) is 5.92 Å². The van der Waals surface area contributed by atoms with Crippen molar-refractivity contribution in [3.05, 3.63) is 53.9 Å². The molecule has 0 saturated carbocycles. The van der Waals surface area contributed by atoms with Gasteiger partial charge in [0.1, 0.15) is 0 Å². The van der Waals surface area contributed by atoms with Crippen molar-refractivity contribution in [2.45, 2.75) is 19.3 Å². The van der Waals surface area contributed by atoms with E-state index in [0.717, 1.165) is 35.0 Å². The van der Waals surface area contributed by atoms with Crippen LogP contribution in [0.15, 0.2) is 42.7 Å². The van der Waals surface area contributed by atoms with Crippen molar-refractivity contribution < 1.29 is 10.0 Å². The molecule has 116 valence electrons. The van der Waals surface area contributed by atoms with E-state index >= 15 is 0 Å². The number of imidazole rings is 1. The number of aromatic amines is 1. The van der Waals surface area contributed by atoms with Gasteiger partial charge in [-0.05, 0) is 53.6 Å². The summed E-state index contributed by atoms with van der Waals surface area (Å²) in [4.78, 5) is 19.0. The third-order valence-electron chi connectivity index (χ3n) is 4.67. The number of nitrogens with one attached hydrogen (secondary N) is 2. The highest BCUT2D eigenvalue weighted by atomic mass is 16.5. The minimum absolute atomic E-state index is 0.155. The fraction of sp³-hybridized carbons (Fsp3) is 0.222. The lowest BCUT2D eigenvalue weighted by Gasteiger charge is -2.23. The highest BCUT2D eigenvalue weighted by Crippen LogP contribution is 2.31. The van der Waals surface area contributed by atoms with Gasteiger partial charge in [0, 0.05) is 5.92 Å². The first-order valence-corrected chi connectivity index (χ1v) is 7.74. The lowest BCUT2D eigenvalue weighted by atomic mass is 9.82. The van der Waals surface area contributed by atoms with E-state index in [0.29, 0.717) is 6.42 Å². The number of carbonyl (C=O) groups excluding carboxylic acids is 1. The van der Waals surface area contributed by atoms with Crippen molar-refractivity contribution in [3.63, 3.8) is 0 Å². The molecule has 1 amide bonds. The molecule has 5 heteroatoms. The van der Waals surface area contributed by atoms with Gasteiger partial charge < -0.3 is 4.98 Å². The molecule has 0 bridgehead atoms. The van der Waals surface area contributed by atoms with Gasteiger partial charge in [-0.15, -0.1) is 0 Å². The summed E-state index contributed by atoms with van der Waals surface area (Å²) in [6, 6.07) is 12.6. The first-order chi connectivity index (χ1) is 11.2. The number of benzene rings is 2. The topological polar surface area (TPSA) is 78.0 Å². The molecule has 0 aliphatic heterocycles. The van der Waals surface area contributed by atoms with E-state index in [9.17, 15) is 4.79 Å². The third kappa shape index (κ3) is 2.49. The lowest BCUT2D eigenvalue weighted by Crippen LogP contribution is -2.31. The summed E-state index contributed by atoms with van der Waals surface area (Å²) in [5.41, 5.74) is 8.47. The van der Waals surface area contributed by atoms with Gasteiger partial charge in [0.25, 0.3) is 0 Å². The number of hydrogen-bond acceptors (Lipinski definition) is 3. The lowest BCUT2D eigenvalue weighted by molar-refractivity contribution is -0.133. The van der Waals surface area contributed by atoms with Crippen LogP contribution in [0.4, 0.5) is 0 Å². The van der Waals surface area contributed by atoms with Crippen molar-refractivity contribution in [1.29, 1.82) is 0 Å². The van der Waals surface area contributed by atoms with Crippen molar-refractivity contribution >= 4 is 16.9 Å². The van der Waals surface area contributed by atoms with Crippen LogP contribution in [0.3, 0.4) is 0 Å². The number of carbonyl (C=O) groups is 1. The molecule has 3 N–H and O–H groups in total. The Morgan fingerprint density at radius 3 is 2.87 bits per heavy atom. The Kier molecular flexibility index (Phi) is 3.35. The van der Waals surface area contributed by atoms with Gasteiger partial charge in [-0.2, -0.15) is 0 Å². The van der Waals surface area contributed by atoms with Crippen LogP contribution in [-0.4, -0.2) is 21.1 Å². The zero-order valence-corrected chi connectivity index (χ0v) is 12.5. The van der Waals surface area contributed by atoms with Gasteiger partial charge in [0.15, 0.2) is 0 Å². The molecule has 5 nitrogen and oxygen atoms in total.